The Morgan fingerprint density at radius 1 is 1.18 bits per heavy atom. The first-order chi connectivity index (χ1) is 8.43. The second kappa shape index (κ2) is 4.78. The summed E-state index contributed by atoms with van der Waals surface area (Å²) in [5, 5.41) is 3.39. The molecule has 0 radical (unpaired) electrons. The molecule has 0 bridgehead atoms. The van der Waals surface area contributed by atoms with Crippen molar-refractivity contribution in [2.75, 3.05) is 5.32 Å². The fourth-order valence-corrected chi connectivity index (χ4v) is 2.81. The first kappa shape index (κ1) is 10.6. The molecule has 1 saturated carbocycles. The van der Waals surface area contributed by atoms with Crippen LogP contribution in [-0.4, -0.2) is 11.2 Å². The number of H-pyrrole nitrogens is 1. The van der Waals surface area contributed by atoms with Gasteiger partial charge in [0.25, 0.3) is 0 Å². The van der Waals surface area contributed by atoms with Crippen LogP contribution in [-0.2, 0) is 0 Å². The van der Waals surface area contributed by atoms with Crippen molar-refractivity contribution in [1.29, 1.82) is 0 Å². The van der Waals surface area contributed by atoms with Crippen molar-refractivity contribution in [1.82, 2.24) is 4.98 Å². The third kappa shape index (κ3) is 2.28. The van der Waals surface area contributed by atoms with Gasteiger partial charge in [0.2, 0.25) is 0 Å². The van der Waals surface area contributed by atoms with Crippen LogP contribution in [0.4, 0.5) is 11.5 Å². The fraction of sp³-hybridized carbons (Fsp3) is 0.500. The molecular formula is C14H19N3. The molecule has 0 spiro atoms. The number of aliphatic imine (C=N–C) groups is 1. The van der Waals surface area contributed by atoms with Crippen LogP contribution < -0.4 is 5.32 Å². The highest BCUT2D eigenvalue weighted by molar-refractivity contribution is 5.73. The predicted octanol–water partition coefficient (Wildman–Crippen LogP) is 4.00. The van der Waals surface area contributed by atoms with E-state index < -0.39 is 0 Å². The van der Waals surface area contributed by atoms with E-state index in [9.17, 15) is 0 Å². The third-order valence-corrected chi connectivity index (χ3v) is 3.82. The van der Waals surface area contributed by atoms with Crippen LogP contribution in [0.3, 0.4) is 0 Å². The quantitative estimate of drug-likeness (QED) is 0.750. The van der Waals surface area contributed by atoms with Crippen molar-refractivity contribution in [3.8, 4) is 0 Å². The molecule has 1 aromatic rings. The molecule has 3 rings (SSSR count). The maximum atomic E-state index is 4.47. The van der Waals surface area contributed by atoms with Crippen LogP contribution in [0.1, 0.15) is 38.5 Å². The van der Waals surface area contributed by atoms with Gasteiger partial charge in [0.05, 0.1) is 5.69 Å². The Labute approximate surface area is 102 Å². The lowest BCUT2D eigenvalue weighted by Crippen LogP contribution is -2.11. The van der Waals surface area contributed by atoms with Crippen LogP contribution in [0, 0.1) is 5.92 Å². The van der Waals surface area contributed by atoms with Crippen LogP contribution in [0.25, 0.3) is 0 Å². The van der Waals surface area contributed by atoms with Gasteiger partial charge in [-0.2, -0.15) is 0 Å². The number of rotatable bonds is 1. The zero-order valence-electron chi connectivity index (χ0n) is 10.1. The maximum absolute atomic E-state index is 4.47. The lowest BCUT2D eigenvalue weighted by atomic mass is 9.83. The highest BCUT2D eigenvalue weighted by atomic mass is 15.0. The van der Waals surface area contributed by atoms with E-state index in [1.807, 2.05) is 18.5 Å². The van der Waals surface area contributed by atoms with Crippen molar-refractivity contribution in [3.05, 3.63) is 24.0 Å². The summed E-state index contributed by atoms with van der Waals surface area (Å²) < 4.78 is 0. The third-order valence-electron chi connectivity index (χ3n) is 3.82. The van der Waals surface area contributed by atoms with Crippen molar-refractivity contribution >= 4 is 17.7 Å². The molecule has 1 fully saturated rings. The van der Waals surface area contributed by atoms with Crippen molar-refractivity contribution in [2.24, 2.45) is 10.9 Å². The van der Waals surface area contributed by atoms with Crippen LogP contribution in [0.5, 0.6) is 0 Å². The Kier molecular flexibility index (Phi) is 2.99. The van der Waals surface area contributed by atoms with Gasteiger partial charge in [-0.15, -0.1) is 0 Å². The molecule has 1 aliphatic heterocycles. The molecule has 0 unspecified atom stereocenters. The molecule has 0 aromatic carbocycles. The number of anilines is 1. The summed E-state index contributed by atoms with van der Waals surface area (Å²) in [5.74, 6) is 1.70. The van der Waals surface area contributed by atoms with E-state index in [2.05, 4.69) is 21.5 Å². The number of aromatic amines is 1. The number of hydrogen-bond acceptors (Lipinski definition) is 2. The second-order valence-corrected chi connectivity index (χ2v) is 4.95. The number of nitrogens with zero attached hydrogens (tertiary/aromatic N) is 1. The van der Waals surface area contributed by atoms with Gasteiger partial charge in [-0.1, -0.05) is 19.3 Å². The van der Waals surface area contributed by atoms with E-state index >= 15 is 0 Å². The topological polar surface area (TPSA) is 40.2 Å². The van der Waals surface area contributed by atoms with Crippen molar-refractivity contribution < 1.29 is 0 Å². The Morgan fingerprint density at radius 2 is 2.06 bits per heavy atom. The average molecular weight is 229 g/mol. The largest absolute Gasteiger partial charge is 0.359 e. The highest BCUT2D eigenvalue weighted by Crippen LogP contribution is 2.32. The Morgan fingerprint density at radius 3 is 2.94 bits per heavy atom. The van der Waals surface area contributed by atoms with Gasteiger partial charge in [-0.3, -0.25) is 0 Å². The molecule has 90 valence electrons. The molecule has 3 nitrogen and oxygen atoms in total. The molecule has 17 heavy (non-hydrogen) atoms. The minimum atomic E-state index is 0.767. The minimum absolute atomic E-state index is 0.767. The number of aromatic nitrogens is 1. The molecule has 2 N–H and O–H groups in total. The standard InChI is InChI=1S/C14H19N3/c1-2-4-11(5-3-1)12-6-8-15-14-13(17-10-12)7-9-16-14/h7-11,16-17H,1-6H2/b12-10?,15-8-. The molecule has 1 aliphatic carbocycles. The van der Waals surface area contributed by atoms with Gasteiger partial charge in [0, 0.05) is 25.0 Å². The normalized spacial score (nSPS) is 22.9. The first-order valence-corrected chi connectivity index (χ1v) is 6.59. The van der Waals surface area contributed by atoms with Crippen molar-refractivity contribution in [2.45, 2.75) is 38.5 Å². The van der Waals surface area contributed by atoms with Gasteiger partial charge in [0.15, 0.2) is 5.82 Å². The van der Waals surface area contributed by atoms with Gasteiger partial charge in [-0.05, 0) is 30.4 Å². The van der Waals surface area contributed by atoms with Crippen LogP contribution in [0.15, 0.2) is 29.0 Å². The summed E-state index contributed by atoms with van der Waals surface area (Å²) in [6.07, 6.45) is 14.0. The molecule has 3 heteroatoms. The number of allylic oxidation sites excluding steroid dienone is 1. The monoisotopic (exact) mass is 229 g/mol. The molecule has 2 aliphatic rings. The molecule has 0 amide bonds. The van der Waals surface area contributed by atoms with E-state index in [1.165, 1.54) is 37.7 Å². The fourth-order valence-electron chi connectivity index (χ4n) is 2.81. The van der Waals surface area contributed by atoms with Gasteiger partial charge in [-0.25, -0.2) is 4.99 Å². The molecule has 2 heterocycles. The highest BCUT2D eigenvalue weighted by Gasteiger charge is 2.18. The maximum Gasteiger partial charge on any atom is 0.153 e. The van der Waals surface area contributed by atoms with Gasteiger partial charge >= 0.3 is 0 Å². The summed E-state index contributed by atoms with van der Waals surface area (Å²) in [6, 6.07) is 2.03. The van der Waals surface area contributed by atoms with Gasteiger partial charge < -0.3 is 10.3 Å². The van der Waals surface area contributed by atoms with Gasteiger partial charge in [0.1, 0.15) is 0 Å². The Hall–Kier alpha value is -1.51. The summed E-state index contributed by atoms with van der Waals surface area (Å²) >= 11 is 0. The zero-order chi connectivity index (χ0) is 11.5. The van der Waals surface area contributed by atoms with E-state index in [1.54, 1.807) is 0 Å². The summed E-state index contributed by atoms with van der Waals surface area (Å²) in [4.78, 5) is 7.60. The number of nitrogens with one attached hydrogen (secondary N) is 2. The molecular weight excluding hydrogens is 210 g/mol. The van der Waals surface area contributed by atoms with E-state index in [0.29, 0.717) is 0 Å². The van der Waals surface area contributed by atoms with E-state index in [4.69, 9.17) is 0 Å². The first-order valence-electron chi connectivity index (χ1n) is 6.59. The average Bonchev–Trinajstić information content (AvgIpc) is 2.77. The summed E-state index contributed by atoms with van der Waals surface area (Å²) in [7, 11) is 0. The van der Waals surface area contributed by atoms with E-state index in [-0.39, 0.29) is 0 Å². The molecule has 1 aromatic heterocycles. The zero-order valence-corrected chi connectivity index (χ0v) is 10.1. The lowest BCUT2D eigenvalue weighted by Gasteiger charge is -2.24. The minimum Gasteiger partial charge on any atom is -0.359 e. The molecule has 0 saturated heterocycles. The summed E-state index contributed by atoms with van der Waals surface area (Å²) in [5.41, 5.74) is 2.59. The van der Waals surface area contributed by atoms with Crippen LogP contribution in [0.2, 0.25) is 0 Å². The number of fused-ring (bicyclic) bond motifs is 1. The smallest absolute Gasteiger partial charge is 0.153 e. The van der Waals surface area contributed by atoms with E-state index in [0.717, 1.165) is 23.8 Å². The number of hydrogen-bond donors (Lipinski definition) is 2. The summed E-state index contributed by atoms with van der Waals surface area (Å²) in [6.45, 7) is 0. The van der Waals surface area contributed by atoms with Crippen molar-refractivity contribution in [3.63, 3.8) is 0 Å². The molecule has 0 atom stereocenters. The SMILES string of the molecule is C1=C(C2CCCCC2)C/C=N\c2[nH]ccc2N1. The Bertz CT molecular complexity index is 436. The lowest BCUT2D eigenvalue weighted by molar-refractivity contribution is 0.400. The van der Waals surface area contributed by atoms with Crippen LogP contribution >= 0.6 is 0 Å². The predicted molar refractivity (Wildman–Crippen MR) is 71.8 cm³/mol. The Balaban J connectivity index is 1.79. The second-order valence-electron chi connectivity index (χ2n) is 4.95.